The largest absolute Gasteiger partial charge is 0.493 e. The Bertz CT molecular complexity index is 682. The Morgan fingerprint density at radius 2 is 1.83 bits per heavy atom. The average molecular weight is 356 g/mol. The van der Waals surface area contributed by atoms with E-state index in [1.165, 1.54) is 0 Å². The van der Waals surface area contributed by atoms with Crippen molar-refractivity contribution in [3.63, 3.8) is 0 Å². The van der Waals surface area contributed by atoms with Gasteiger partial charge in [-0.25, -0.2) is 13.1 Å². The minimum atomic E-state index is -3.20. The van der Waals surface area contributed by atoms with Gasteiger partial charge in [-0.1, -0.05) is 6.07 Å². The average Bonchev–Trinajstić information content (AvgIpc) is 2.53. The van der Waals surface area contributed by atoms with Gasteiger partial charge in [-0.05, 0) is 30.5 Å². The fraction of sp³-hybridized carbons (Fsp3) is 0.562. The predicted octanol–water partition coefficient (Wildman–Crippen LogP) is 0.786. The van der Waals surface area contributed by atoms with Crippen LogP contribution in [0.3, 0.4) is 0 Å². The van der Waals surface area contributed by atoms with Crippen molar-refractivity contribution in [3.8, 4) is 11.5 Å². The third-order valence-electron chi connectivity index (χ3n) is 4.03. The number of sulfonamides is 1. The zero-order chi connectivity index (χ0) is 17.7. The van der Waals surface area contributed by atoms with Gasteiger partial charge >= 0.3 is 0 Å². The number of carbonyl (C=O) groups excluding carboxylic acids is 1. The van der Waals surface area contributed by atoms with E-state index < -0.39 is 10.0 Å². The number of amides is 1. The number of ether oxygens (including phenoxy) is 2. The summed E-state index contributed by atoms with van der Waals surface area (Å²) < 4.78 is 35.5. The molecule has 1 aromatic rings. The van der Waals surface area contributed by atoms with Crippen molar-refractivity contribution in [3.05, 3.63) is 23.8 Å². The normalized spacial score (nSPS) is 16.0. The molecule has 1 aliphatic rings. The molecule has 1 amide bonds. The van der Waals surface area contributed by atoms with Crippen molar-refractivity contribution in [1.82, 2.24) is 9.62 Å². The molecule has 1 heterocycles. The van der Waals surface area contributed by atoms with Crippen LogP contribution in [0.2, 0.25) is 0 Å². The number of nitrogens with one attached hydrogen (secondary N) is 1. The molecule has 0 radical (unpaired) electrons. The van der Waals surface area contributed by atoms with Gasteiger partial charge in [-0.3, -0.25) is 4.79 Å². The van der Waals surface area contributed by atoms with E-state index in [2.05, 4.69) is 4.72 Å². The Hall–Kier alpha value is -1.80. The zero-order valence-corrected chi connectivity index (χ0v) is 15.1. The number of carbonyl (C=O) groups is 1. The first-order chi connectivity index (χ1) is 11.3. The topological polar surface area (TPSA) is 84.9 Å². The predicted molar refractivity (Wildman–Crippen MR) is 90.8 cm³/mol. The number of piperidine rings is 1. The number of rotatable bonds is 6. The molecular weight excluding hydrogens is 332 g/mol. The van der Waals surface area contributed by atoms with Gasteiger partial charge in [0.1, 0.15) is 0 Å². The standard InChI is InChI=1S/C16H24N2O5S/c1-22-14-5-4-12(10-15(14)23-2)11-16(19)18-8-6-13(7-9-18)17-24(3,20)21/h4-5,10,13,17H,6-9,11H2,1-3H3. The van der Waals surface area contributed by atoms with Crippen LogP contribution in [0.1, 0.15) is 18.4 Å². The highest BCUT2D eigenvalue weighted by molar-refractivity contribution is 7.88. The van der Waals surface area contributed by atoms with E-state index in [1.54, 1.807) is 31.3 Å². The van der Waals surface area contributed by atoms with Crippen LogP contribution in [0.5, 0.6) is 11.5 Å². The van der Waals surface area contributed by atoms with Crippen LogP contribution in [0.15, 0.2) is 18.2 Å². The van der Waals surface area contributed by atoms with Crippen LogP contribution in [0, 0.1) is 0 Å². The van der Waals surface area contributed by atoms with Gasteiger partial charge in [-0.15, -0.1) is 0 Å². The van der Waals surface area contributed by atoms with E-state index in [0.717, 1.165) is 11.8 Å². The quantitative estimate of drug-likeness (QED) is 0.814. The first-order valence-electron chi connectivity index (χ1n) is 7.78. The summed E-state index contributed by atoms with van der Waals surface area (Å²) >= 11 is 0. The summed E-state index contributed by atoms with van der Waals surface area (Å²) in [7, 11) is -0.0782. The Kier molecular flexibility index (Phi) is 6.06. The van der Waals surface area contributed by atoms with Crippen molar-refractivity contribution in [1.29, 1.82) is 0 Å². The number of methoxy groups -OCH3 is 2. The van der Waals surface area contributed by atoms with Gasteiger partial charge in [0.15, 0.2) is 11.5 Å². The first kappa shape index (κ1) is 18.5. The first-order valence-corrected chi connectivity index (χ1v) is 9.67. The second kappa shape index (κ2) is 7.85. The summed E-state index contributed by atoms with van der Waals surface area (Å²) in [6.45, 7) is 1.11. The Morgan fingerprint density at radius 3 is 2.38 bits per heavy atom. The maximum absolute atomic E-state index is 12.4. The van der Waals surface area contributed by atoms with Crippen LogP contribution >= 0.6 is 0 Å². The van der Waals surface area contributed by atoms with Crippen molar-refractivity contribution in [2.24, 2.45) is 0 Å². The summed E-state index contributed by atoms with van der Waals surface area (Å²) in [6, 6.07) is 5.33. The summed E-state index contributed by atoms with van der Waals surface area (Å²) in [5.41, 5.74) is 0.856. The van der Waals surface area contributed by atoms with Gasteiger partial charge < -0.3 is 14.4 Å². The molecule has 134 valence electrons. The third-order valence-corrected chi connectivity index (χ3v) is 4.79. The highest BCUT2D eigenvalue weighted by atomic mass is 32.2. The fourth-order valence-corrected chi connectivity index (χ4v) is 3.67. The molecule has 0 saturated carbocycles. The third kappa shape index (κ3) is 5.10. The minimum absolute atomic E-state index is 0.0278. The molecule has 0 atom stereocenters. The highest BCUT2D eigenvalue weighted by Crippen LogP contribution is 2.28. The van der Waals surface area contributed by atoms with E-state index >= 15 is 0 Å². The van der Waals surface area contributed by atoms with E-state index in [4.69, 9.17) is 9.47 Å². The number of likely N-dealkylation sites (tertiary alicyclic amines) is 1. The smallest absolute Gasteiger partial charge is 0.226 e. The van der Waals surface area contributed by atoms with Crippen molar-refractivity contribution >= 4 is 15.9 Å². The maximum atomic E-state index is 12.4. The van der Waals surface area contributed by atoms with Gasteiger partial charge in [0, 0.05) is 19.1 Å². The Morgan fingerprint density at radius 1 is 1.21 bits per heavy atom. The van der Waals surface area contributed by atoms with Crippen molar-refractivity contribution in [2.45, 2.75) is 25.3 Å². The van der Waals surface area contributed by atoms with E-state index in [9.17, 15) is 13.2 Å². The second-order valence-corrected chi connectivity index (χ2v) is 7.69. The number of nitrogens with zero attached hydrogens (tertiary/aromatic N) is 1. The SMILES string of the molecule is COc1ccc(CC(=O)N2CCC(NS(C)(=O)=O)CC2)cc1OC. The molecule has 2 rings (SSSR count). The second-order valence-electron chi connectivity index (χ2n) is 5.91. The molecule has 8 heteroatoms. The van der Waals surface area contributed by atoms with E-state index in [0.29, 0.717) is 37.4 Å². The molecule has 1 N–H and O–H groups in total. The lowest BCUT2D eigenvalue weighted by atomic mass is 10.0. The van der Waals surface area contributed by atoms with E-state index in [1.807, 2.05) is 6.07 Å². The van der Waals surface area contributed by atoms with Gasteiger partial charge in [0.2, 0.25) is 15.9 Å². The van der Waals surface area contributed by atoms with Crippen LogP contribution < -0.4 is 14.2 Å². The molecular formula is C16H24N2O5S. The summed E-state index contributed by atoms with van der Waals surface area (Å²) in [6.07, 6.45) is 2.70. The van der Waals surface area contributed by atoms with E-state index in [-0.39, 0.29) is 18.4 Å². The molecule has 1 aromatic carbocycles. The fourth-order valence-electron chi connectivity index (χ4n) is 2.83. The van der Waals surface area contributed by atoms with Gasteiger partial charge in [-0.2, -0.15) is 0 Å². The van der Waals surface area contributed by atoms with Crippen LogP contribution in [0.4, 0.5) is 0 Å². The summed E-state index contributed by atoms with van der Waals surface area (Å²) in [5.74, 6) is 1.25. The number of hydrogen-bond acceptors (Lipinski definition) is 5. The molecule has 1 fully saturated rings. The van der Waals surface area contributed by atoms with Crippen molar-refractivity contribution < 1.29 is 22.7 Å². The number of hydrogen-bond donors (Lipinski definition) is 1. The van der Waals surface area contributed by atoms with Gasteiger partial charge in [0.05, 0.1) is 26.9 Å². The summed E-state index contributed by atoms with van der Waals surface area (Å²) in [5, 5.41) is 0. The maximum Gasteiger partial charge on any atom is 0.226 e. The summed E-state index contributed by atoms with van der Waals surface area (Å²) in [4.78, 5) is 14.2. The molecule has 7 nitrogen and oxygen atoms in total. The molecule has 0 aromatic heterocycles. The number of benzene rings is 1. The molecule has 0 aliphatic carbocycles. The lowest BCUT2D eigenvalue weighted by Crippen LogP contribution is -2.46. The van der Waals surface area contributed by atoms with Crippen LogP contribution in [0.25, 0.3) is 0 Å². The molecule has 1 aliphatic heterocycles. The van der Waals surface area contributed by atoms with Gasteiger partial charge in [0.25, 0.3) is 0 Å². The highest BCUT2D eigenvalue weighted by Gasteiger charge is 2.24. The zero-order valence-electron chi connectivity index (χ0n) is 14.2. The van der Waals surface area contributed by atoms with Crippen LogP contribution in [-0.4, -0.2) is 58.8 Å². The van der Waals surface area contributed by atoms with Crippen LogP contribution in [-0.2, 0) is 21.2 Å². The molecule has 1 saturated heterocycles. The molecule has 0 spiro atoms. The monoisotopic (exact) mass is 356 g/mol. The lowest BCUT2D eigenvalue weighted by Gasteiger charge is -2.32. The minimum Gasteiger partial charge on any atom is -0.493 e. The lowest BCUT2D eigenvalue weighted by molar-refractivity contribution is -0.131. The Balaban J connectivity index is 1.92. The Labute approximate surface area is 143 Å². The molecule has 0 unspecified atom stereocenters. The molecule has 0 bridgehead atoms. The molecule has 24 heavy (non-hydrogen) atoms. The van der Waals surface area contributed by atoms with Crippen molar-refractivity contribution in [2.75, 3.05) is 33.6 Å².